The molecular weight excluding hydrogens is 284 g/mol. The Hall–Kier alpha value is -1.36. The third-order valence-electron chi connectivity index (χ3n) is 3.00. The molecular formula is C12H11BrN2O2. The highest BCUT2D eigenvalue weighted by Gasteiger charge is 2.25. The molecule has 0 saturated heterocycles. The van der Waals surface area contributed by atoms with E-state index in [4.69, 9.17) is 5.11 Å². The number of aliphatic carboxylic acids is 1. The van der Waals surface area contributed by atoms with E-state index in [9.17, 15) is 4.79 Å². The van der Waals surface area contributed by atoms with Gasteiger partial charge in [0.1, 0.15) is 12.1 Å². The Morgan fingerprint density at radius 1 is 1.53 bits per heavy atom. The quantitative estimate of drug-likeness (QED) is 0.947. The predicted molar refractivity (Wildman–Crippen MR) is 67.0 cm³/mol. The minimum absolute atomic E-state index is 0.0352. The Balaban J connectivity index is 2.11. The summed E-state index contributed by atoms with van der Waals surface area (Å²) in [6.07, 6.45) is 4.21. The van der Waals surface area contributed by atoms with Crippen LogP contribution in [0.4, 0.5) is 0 Å². The van der Waals surface area contributed by atoms with Gasteiger partial charge in [0.2, 0.25) is 0 Å². The number of aromatic nitrogens is 2. The first kappa shape index (κ1) is 10.8. The van der Waals surface area contributed by atoms with Gasteiger partial charge in [0, 0.05) is 17.8 Å². The number of rotatable bonds is 3. The fourth-order valence-corrected chi connectivity index (χ4v) is 2.56. The van der Waals surface area contributed by atoms with Crippen LogP contribution in [-0.4, -0.2) is 20.6 Å². The summed E-state index contributed by atoms with van der Waals surface area (Å²) in [6, 6.07) is 3.97. The number of fused-ring (bicyclic) bond motifs is 1. The molecule has 17 heavy (non-hydrogen) atoms. The third kappa shape index (κ3) is 1.95. The highest BCUT2D eigenvalue weighted by Crippen LogP contribution is 2.40. The second kappa shape index (κ2) is 3.84. The van der Waals surface area contributed by atoms with E-state index in [1.54, 1.807) is 10.8 Å². The lowest BCUT2D eigenvalue weighted by Gasteiger charge is -2.02. The van der Waals surface area contributed by atoms with E-state index in [0.717, 1.165) is 21.2 Å². The van der Waals surface area contributed by atoms with Gasteiger partial charge in [-0.3, -0.25) is 4.79 Å². The fourth-order valence-electron chi connectivity index (χ4n) is 2.02. The van der Waals surface area contributed by atoms with Gasteiger partial charge in [-0.1, -0.05) is 0 Å². The summed E-state index contributed by atoms with van der Waals surface area (Å²) in [4.78, 5) is 15.4. The Morgan fingerprint density at radius 3 is 2.94 bits per heavy atom. The summed E-state index contributed by atoms with van der Waals surface area (Å²) < 4.78 is 2.56. The molecule has 0 atom stereocenters. The molecule has 1 fully saturated rings. The number of carbonyl (C=O) groups is 1. The van der Waals surface area contributed by atoms with Crippen molar-refractivity contribution in [3.63, 3.8) is 0 Å². The first-order valence-corrected chi connectivity index (χ1v) is 6.31. The molecule has 0 unspecified atom stereocenters. The fraction of sp³-hybridized carbons (Fsp3) is 0.333. The van der Waals surface area contributed by atoms with Crippen LogP contribution in [0.25, 0.3) is 11.0 Å². The Morgan fingerprint density at radius 2 is 2.29 bits per heavy atom. The smallest absolute Gasteiger partial charge is 0.323 e. The molecule has 1 saturated carbocycles. The maximum absolute atomic E-state index is 10.8. The molecule has 4 nitrogen and oxygen atoms in total. The summed E-state index contributed by atoms with van der Waals surface area (Å²) in [5.74, 6) is -0.241. The summed E-state index contributed by atoms with van der Waals surface area (Å²) in [5, 5.41) is 8.83. The Bertz CT molecular complexity index is 602. The van der Waals surface area contributed by atoms with E-state index in [2.05, 4.69) is 20.9 Å². The van der Waals surface area contributed by atoms with Crippen molar-refractivity contribution in [2.45, 2.75) is 25.3 Å². The SMILES string of the molecule is O=C(O)Cn1cc(Br)c2nc(C3CC3)ccc21. The van der Waals surface area contributed by atoms with Crippen molar-refractivity contribution in [3.8, 4) is 0 Å². The Kier molecular flexibility index (Phi) is 2.43. The highest BCUT2D eigenvalue weighted by molar-refractivity contribution is 9.10. The van der Waals surface area contributed by atoms with Gasteiger partial charge >= 0.3 is 5.97 Å². The molecule has 0 aromatic carbocycles. The zero-order valence-electron chi connectivity index (χ0n) is 9.06. The molecule has 1 aliphatic rings. The van der Waals surface area contributed by atoms with Gasteiger partial charge in [0.05, 0.1) is 9.99 Å². The molecule has 88 valence electrons. The second-order valence-electron chi connectivity index (χ2n) is 4.38. The van der Waals surface area contributed by atoms with E-state index >= 15 is 0 Å². The summed E-state index contributed by atoms with van der Waals surface area (Å²) in [7, 11) is 0. The van der Waals surface area contributed by atoms with Crippen LogP contribution in [-0.2, 0) is 11.3 Å². The van der Waals surface area contributed by atoms with E-state index in [1.807, 2.05) is 12.1 Å². The zero-order chi connectivity index (χ0) is 12.0. The topological polar surface area (TPSA) is 55.1 Å². The number of pyridine rings is 1. The molecule has 0 spiro atoms. The Labute approximate surface area is 106 Å². The van der Waals surface area contributed by atoms with E-state index in [1.165, 1.54) is 12.8 Å². The van der Waals surface area contributed by atoms with Gasteiger partial charge in [-0.15, -0.1) is 0 Å². The number of carboxylic acids is 1. The lowest BCUT2D eigenvalue weighted by Crippen LogP contribution is -2.07. The van der Waals surface area contributed by atoms with Crippen molar-refractivity contribution in [3.05, 3.63) is 28.5 Å². The zero-order valence-corrected chi connectivity index (χ0v) is 10.6. The molecule has 2 heterocycles. The average molecular weight is 295 g/mol. The molecule has 5 heteroatoms. The van der Waals surface area contributed by atoms with Crippen molar-refractivity contribution in [1.82, 2.24) is 9.55 Å². The third-order valence-corrected chi connectivity index (χ3v) is 3.58. The van der Waals surface area contributed by atoms with Crippen LogP contribution < -0.4 is 0 Å². The minimum atomic E-state index is -0.847. The molecule has 2 aromatic rings. The van der Waals surface area contributed by atoms with Gasteiger partial charge < -0.3 is 9.67 Å². The second-order valence-corrected chi connectivity index (χ2v) is 5.23. The van der Waals surface area contributed by atoms with Crippen LogP contribution in [0.5, 0.6) is 0 Å². The number of hydrogen-bond acceptors (Lipinski definition) is 2. The van der Waals surface area contributed by atoms with Crippen LogP contribution in [0.2, 0.25) is 0 Å². The maximum atomic E-state index is 10.8. The number of nitrogens with zero attached hydrogens (tertiary/aromatic N) is 2. The number of carboxylic acid groups (broad SMARTS) is 1. The molecule has 0 bridgehead atoms. The maximum Gasteiger partial charge on any atom is 0.323 e. The summed E-state index contributed by atoms with van der Waals surface area (Å²) >= 11 is 3.44. The van der Waals surface area contributed by atoms with E-state index in [-0.39, 0.29) is 6.54 Å². The minimum Gasteiger partial charge on any atom is -0.480 e. The average Bonchev–Trinajstić information content (AvgIpc) is 3.07. The van der Waals surface area contributed by atoms with E-state index in [0.29, 0.717) is 5.92 Å². The number of hydrogen-bond donors (Lipinski definition) is 1. The molecule has 1 N–H and O–H groups in total. The normalized spacial score (nSPS) is 15.4. The van der Waals surface area contributed by atoms with Crippen molar-refractivity contribution in [2.24, 2.45) is 0 Å². The molecule has 0 radical (unpaired) electrons. The van der Waals surface area contributed by atoms with Crippen LogP contribution >= 0.6 is 15.9 Å². The lowest BCUT2D eigenvalue weighted by atomic mass is 10.2. The van der Waals surface area contributed by atoms with Crippen molar-refractivity contribution in [1.29, 1.82) is 0 Å². The molecule has 2 aromatic heterocycles. The van der Waals surface area contributed by atoms with Crippen molar-refractivity contribution >= 4 is 32.9 Å². The summed E-state index contributed by atoms with van der Waals surface area (Å²) in [6.45, 7) is -0.0352. The van der Waals surface area contributed by atoms with Gasteiger partial charge in [0.25, 0.3) is 0 Å². The molecule has 3 rings (SSSR count). The lowest BCUT2D eigenvalue weighted by molar-refractivity contribution is -0.137. The van der Waals surface area contributed by atoms with Crippen LogP contribution in [0.3, 0.4) is 0 Å². The molecule has 0 aliphatic heterocycles. The predicted octanol–water partition coefficient (Wildman–Crippen LogP) is 2.76. The van der Waals surface area contributed by atoms with Gasteiger partial charge in [-0.25, -0.2) is 4.98 Å². The van der Waals surface area contributed by atoms with Crippen molar-refractivity contribution < 1.29 is 9.90 Å². The van der Waals surface area contributed by atoms with Crippen molar-refractivity contribution in [2.75, 3.05) is 0 Å². The van der Waals surface area contributed by atoms with Gasteiger partial charge in [0.15, 0.2) is 0 Å². The van der Waals surface area contributed by atoms with Crippen LogP contribution in [0, 0.1) is 0 Å². The van der Waals surface area contributed by atoms with E-state index < -0.39 is 5.97 Å². The standard InChI is InChI=1S/C12H11BrN2O2/c13-8-5-15(6-11(16)17)10-4-3-9(7-1-2-7)14-12(8)10/h3-5,7H,1-2,6H2,(H,16,17). The van der Waals surface area contributed by atoms with Crippen LogP contribution in [0.15, 0.2) is 22.8 Å². The number of halogens is 1. The first-order chi connectivity index (χ1) is 8.15. The largest absolute Gasteiger partial charge is 0.480 e. The highest BCUT2D eigenvalue weighted by atomic mass is 79.9. The van der Waals surface area contributed by atoms with Gasteiger partial charge in [-0.2, -0.15) is 0 Å². The van der Waals surface area contributed by atoms with Crippen LogP contribution in [0.1, 0.15) is 24.5 Å². The molecule has 0 amide bonds. The first-order valence-electron chi connectivity index (χ1n) is 5.52. The monoisotopic (exact) mass is 294 g/mol. The molecule has 1 aliphatic carbocycles. The summed E-state index contributed by atoms with van der Waals surface area (Å²) in [5.41, 5.74) is 2.84. The van der Waals surface area contributed by atoms with Gasteiger partial charge in [-0.05, 0) is 40.9 Å².